The lowest BCUT2D eigenvalue weighted by Crippen LogP contribution is -2.07. The fourth-order valence-corrected chi connectivity index (χ4v) is 2.45. The summed E-state index contributed by atoms with van der Waals surface area (Å²) in [6.07, 6.45) is 4.50. The highest BCUT2D eigenvalue weighted by Gasteiger charge is 2.09. The summed E-state index contributed by atoms with van der Waals surface area (Å²) in [5, 5.41) is 2.75. The van der Waals surface area contributed by atoms with Crippen LogP contribution in [0.3, 0.4) is 0 Å². The van der Waals surface area contributed by atoms with Gasteiger partial charge in [-0.25, -0.2) is 9.37 Å². The van der Waals surface area contributed by atoms with Crippen LogP contribution in [0.5, 0.6) is 0 Å². The Hall–Kier alpha value is -3.67. The molecule has 1 amide bonds. The molecule has 6 heteroatoms. The number of amides is 1. The normalized spacial score (nSPS) is 11.3. The molecule has 1 N–H and O–H groups in total. The third kappa shape index (κ3) is 3.39. The Morgan fingerprint density at radius 3 is 2.73 bits per heavy atom. The maximum atomic E-state index is 13.0. The number of halogens is 1. The van der Waals surface area contributed by atoms with Crippen LogP contribution in [-0.4, -0.2) is 10.9 Å². The monoisotopic (exact) mass is 348 g/mol. The van der Waals surface area contributed by atoms with Gasteiger partial charge in [-0.3, -0.25) is 4.79 Å². The molecule has 0 spiro atoms. The van der Waals surface area contributed by atoms with Gasteiger partial charge in [0.05, 0.1) is 6.26 Å². The molecular formula is C20H13FN2O3. The number of oxazole rings is 1. The van der Waals surface area contributed by atoms with Crippen LogP contribution in [-0.2, 0) is 4.79 Å². The van der Waals surface area contributed by atoms with E-state index < -0.39 is 0 Å². The van der Waals surface area contributed by atoms with Crippen LogP contribution in [0, 0.1) is 5.82 Å². The van der Waals surface area contributed by atoms with E-state index in [0.29, 0.717) is 34.0 Å². The summed E-state index contributed by atoms with van der Waals surface area (Å²) in [7, 11) is 0. The van der Waals surface area contributed by atoms with Gasteiger partial charge in [0.1, 0.15) is 17.1 Å². The molecule has 5 nitrogen and oxygen atoms in total. The number of carbonyl (C=O) groups is 1. The van der Waals surface area contributed by atoms with E-state index in [1.165, 1.54) is 24.5 Å². The second-order valence-corrected chi connectivity index (χ2v) is 5.55. The molecule has 0 aliphatic rings. The first-order valence-corrected chi connectivity index (χ1v) is 7.86. The summed E-state index contributed by atoms with van der Waals surface area (Å²) < 4.78 is 23.8. The first kappa shape index (κ1) is 15.8. The number of rotatable bonds is 4. The molecule has 0 atom stereocenters. The van der Waals surface area contributed by atoms with E-state index in [1.54, 1.807) is 48.5 Å². The second kappa shape index (κ2) is 6.68. The molecule has 128 valence electrons. The van der Waals surface area contributed by atoms with Crippen molar-refractivity contribution in [3.63, 3.8) is 0 Å². The molecule has 2 aromatic carbocycles. The molecule has 26 heavy (non-hydrogen) atoms. The Labute approximate surface area is 147 Å². The number of anilines is 1. The Balaban J connectivity index is 1.53. The fourth-order valence-electron chi connectivity index (χ4n) is 2.45. The smallest absolute Gasteiger partial charge is 0.248 e. The van der Waals surface area contributed by atoms with Crippen LogP contribution in [0.4, 0.5) is 10.1 Å². The predicted molar refractivity (Wildman–Crippen MR) is 95.8 cm³/mol. The SMILES string of the molecule is O=C(/C=C/c1ccco1)Nc1ccc2oc(-c3ccc(F)cc3)nc2c1. The van der Waals surface area contributed by atoms with E-state index in [4.69, 9.17) is 8.83 Å². The summed E-state index contributed by atoms with van der Waals surface area (Å²) in [5.41, 5.74) is 2.44. The zero-order valence-corrected chi connectivity index (χ0v) is 13.5. The van der Waals surface area contributed by atoms with E-state index in [1.807, 2.05) is 0 Å². The van der Waals surface area contributed by atoms with Gasteiger partial charge in [0.15, 0.2) is 5.58 Å². The molecule has 0 aliphatic carbocycles. The minimum absolute atomic E-state index is 0.289. The van der Waals surface area contributed by atoms with Crippen molar-refractivity contribution in [2.24, 2.45) is 0 Å². The standard InChI is InChI=1S/C20H13FN2O3/c21-14-5-3-13(4-6-14)20-23-17-12-15(7-9-18(17)26-20)22-19(24)10-8-16-2-1-11-25-16/h1-12H,(H,22,24)/b10-8+. The molecule has 0 aliphatic heterocycles. The van der Waals surface area contributed by atoms with Crippen molar-refractivity contribution in [3.05, 3.63) is 78.5 Å². The largest absolute Gasteiger partial charge is 0.465 e. The molecule has 0 saturated heterocycles. The van der Waals surface area contributed by atoms with Crippen molar-refractivity contribution in [2.45, 2.75) is 0 Å². The van der Waals surface area contributed by atoms with Gasteiger partial charge in [0.2, 0.25) is 11.8 Å². The molecule has 0 unspecified atom stereocenters. The lowest BCUT2D eigenvalue weighted by Gasteiger charge is -2.00. The predicted octanol–water partition coefficient (Wildman–Crippen LogP) is 4.88. The van der Waals surface area contributed by atoms with Gasteiger partial charge in [0, 0.05) is 17.3 Å². The zero-order valence-electron chi connectivity index (χ0n) is 13.5. The van der Waals surface area contributed by atoms with E-state index in [2.05, 4.69) is 10.3 Å². The first-order valence-electron chi connectivity index (χ1n) is 7.86. The second-order valence-electron chi connectivity index (χ2n) is 5.55. The van der Waals surface area contributed by atoms with Crippen molar-refractivity contribution in [2.75, 3.05) is 5.32 Å². The topological polar surface area (TPSA) is 68.3 Å². The molecule has 4 aromatic rings. The lowest BCUT2D eigenvalue weighted by atomic mass is 10.2. The Morgan fingerprint density at radius 1 is 1.12 bits per heavy atom. The third-order valence-corrected chi connectivity index (χ3v) is 3.69. The highest BCUT2D eigenvalue weighted by molar-refractivity contribution is 6.02. The van der Waals surface area contributed by atoms with Gasteiger partial charge >= 0.3 is 0 Å². The number of furan rings is 1. The van der Waals surface area contributed by atoms with Crippen LogP contribution in [0.25, 0.3) is 28.6 Å². The number of nitrogens with zero attached hydrogens (tertiary/aromatic N) is 1. The van der Waals surface area contributed by atoms with Gasteiger partial charge in [-0.1, -0.05) is 0 Å². The van der Waals surface area contributed by atoms with Gasteiger partial charge in [-0.05, 0) is 60.7 Å². The maximum absolute atomic E-state index is 13.0. The number of carbonyl (C=O) groups excluding carboxylic acids is 1. The van der Waals surface area contributed by atoms with Crippen LogP contribution in [0.1, 0.15) is 5.76 Å². The van der Waals surface area contributed by atoms with Crippen molar-refractivity contribution >= 4 is 28.8 Å². The fraction of sp³-hybridized carbons (Fsp3) is 0. The van der Waals surface area contributed by atoms with Gasteiger partial charge in [-0.15, -0.1) is 0 Å². The minimum atomic E-state index is -0.322. The van der Waals surface area contributed by atoms with E-state index in [9.17, 15) is 9.18 Å². The first-order chi connectivity index (χ1) is 12.7. The average molecular weight is 348 g/mol. The molecule has 0 fully saturated rings. The van der Waals surface area contributed by atoms with Gasteiger partial charge in [-0.2, -0.15) is 0 Å². The Bertz CT molecular complexity index is 1080. The minimum Gasteiger partial charge on any atom is -0.465 e. The van der Waals surface area contributed by atoms with Crippen molar-refractivity contribution in [1.29, 1.82) is 0 Å². The van der Waals surface area contributed by atoms with E-state index >= 15 is 0 Å². The number of hydrogen-bond donors (Lipinski definition) is 1. The number of fused-ring (bicyclic) bond motifs is 1. The quantitative estimate of drug-likeness (QED) is 0.534. The summed E-state index contributed by atoms with van der Waals surface area (Å²) >= 11 is 0. The molecule has 0 saturated carbocycles. The van der Waals surface area contributed by atoms with Crippen molar-refractivity contribution in [3.8, 4) is 11.5 Å². The van der Waals surface area contributed by atoms with Crippen LogP contribution >= 0.6 is 0 Å². The van der Waals surface area contributed by atoms with Crippen LogP contribution < -0.4 is 5.32 Å². The highest BCUT2D eigenvalue weighted by Crippen LogP contribution is 2.26. The molecule has 2 aromatic heterocycles. The molecular weight excluding hydrogens is 335 g/mol. The summed E-state index contributed by atoms with van der Waals surface area (Å²) in [4.78, 5) is 16.4. The molecule has 0 bridgehead atoms. The van der Waals surface area contributed by atoms with E-state index in [0.717, 1.165) is 0 Å². The third-order valence-electron chi connectivity index (χ3n) is 3.69. The van der Waals surface area contributed by atoms with Gasteiger partial charge in [0.25, 0.3) is 0 Å². The Kier molecular flexibility index (Phi) is 4.07. The van der Waals surface area contributed by atoms with E-state index in [-0.39, 0.29) is 11.7 Å². The molecule has 2 heterocycles. The lowest BCUT2D eigenvalue weighted by molar-refractivity contribution is -0.111. The van der Waals surface area contributed by atoms with Crippen molar-refractivity contribution < 1.29 is 18.0 Å². The van der Waals surface area contributed by atoms with Gasteiger partial charge < -0.3 is 14.2 Å². The van der Waals surface area contributed by atoms with Crippen LogP contribution in [0.2, 0.25) is 0 Å². The van der Waals surface area contributed by atoms with Crippen molar-refractivity contribution in [1.82, 2.24) is 4.98 Å². The Morgan fingerprint density at radius 2 is 1.96 bits per heavy atom. The number of nitrogens with one attached hydrogen (secondary N) is 1. The zero-order chi connectivity index (χ0) is 17.9. The number of aromatic nitrogens is 1. The number of benzene rings is 2. The average Bonchev–Trinajstić information content (AvgIpc) is 3.30. The molecule has 4 rings (SSSR count). The number of hydrogen-bond acceptors (Lipinski definition) is 4. The summed E-state index contributed by atoms with van der Waals surface area (Å²) in [6.45, 7) is 0. The summed E-state index contributed by atoms with van der Waals surface area (Å²) in [5.74, 6) is 0.373. The van der Waals surface area contributed by atoms with Crippen LogP contribution in [0.15, 0.2) is 75.8 Å². The highest BCUT2D eigenvalue weighted by atomic mass is 19.1. The maximum Gasteiger partial charge on any atom is 0.248 e. The molecule has 0 radical (unpaired) electrons. The summed E-state index contributed by atoms with van der Waals surface area (Å²) in [6, 6.07) is 14.6.